The van der Waals surface area contributed by atoms with E-state index < -0.39 is 0 Å². The van der Waals surface area contributed by atoms with Gasteiger partial charge in [-0.05, 0) is 54.8 Å². The lowest BCUT2D eigenvalue weighted by Crippen LogP contribution is -2.11. The molecule has 2 aromatic rings. The van der Waals surface area contributed by atoms with Crippen molar-refractivity contribution in [1.82, 2.24) is 5.32 Å². The standard InChI is InChI=1S/C19H25NO/c1-4-6-16-7-10-18(11-8-16)21-19-12-9-17(13-15(19)3)14-20-5-2/h7-13,20H,4-6,14H2,1-3H3. The summed E-state index contributed by atoms with van der Waals surface area (Å²) >= 11 is 0. The Hall–Kier alpha value is -1.80. The van der Waals surface area contributed by atoms with Crippen molar-refractivity contribution >= 4 is 0 Å². The molecular weight excluding hydrogens is 258 g/mol. The zero-order valence-electron chi connectivity index (χ0n) is 13.3. The van der Waals surface area contributed by atoms with Gasteiger partial charge in [0, 0.05) is 6.54 Å². The van der Waals surface area contributed by atoms with E-state index >= 15 is 0 Å². The Morgan fingerprint density at radius 1 is 0.952 bits per heavy atom. The number of aryl methyl sites for hydroxylation is 2. The first kappa shape index (κ1) is 15.6. The predicted molar refractivity (Wildman–Crippen MR) is 89.1 cm³/mol. The average Bonchev–Trinajstić information content (AvgIpc) is 2.50. The molecule has 21 heavy (non-hydrogen) atoms. The Morgan fingerprint density at radius 3 is 2.29 bits per heavy atom. The number of nitrogens with one attached hydrogen (secondary N) is 1. The summed E-state index contributed by atoms with van der Waals surface area (Å²) in [5.74, 6) is 1.83. The molecule has 1 N–H and O–H groups in total. The number of hydrogen-bond donors (Lipinski definition) is 1. The van der Waals surface area contributed by atoms with Crippen LogP contribution >= 0.6 is 0 Å². The fourth-order valence-electron chi connectivity index (χ4n) is 2.35. The number of rotatable bonds is 7. The topological polar surface area (TPSA) is 21.3 Å². The van der Waals surface area contributed by atoms with Gasteiger partial charge in [-0.1, -0.05) is 44.5 Å². The summed E-state index contributed by atoms with van der Waals surface area (Å²) in [7, 11) is 0. The van der Waals surface area contributed by atoms with Crippen molar-refractivity contribution < 1.29 is 4.74 Å². The van der Waals surface area contributed by atoms with E-state index in [9.17, 15) is 0 Å². The van der Waals surface area contributed by atoms with Gasteiger partial charge in [0.25, 0.3) is 0 Å². The molecule has 2 heteroatoms. The monoisotopic (exact) mass is 283 g/mol. The van der Waals surface area contributed by atoms with Crippen LogP contribution in [0.5, 0.6) is 11.5 Å². The van der Waals surface area contributed by atoms with Crippen LogP contribution in [0.1, 0.15) is 37.0 Å². The first-order valence-corrected chi connectivity index (χ1v) is 7.80. The van der Waals surface area contributed by atoms with Crippen molar-refractivity contribution in [3.63, 3.8) is 0 Å². The van der Waals surface area contributed by atoms with Crippen LogP contribution in [0.15, 0.2) is 42.5 Å². The van der Waals surface area contributed by atoms with Gasteiger partial charge in [-0.2, -0.15) is 0 Å². The van der Waals surface area contributed by atoms with Gasteiger partial charge in [-0.3, -0.25) is 0 Å². The summed E-state index contributed by atoms with van der Waals surface area (Å²) in [5.41, 5.74) is 3.82. The molecule has 0 aliphatic heterocycles. The van der Waals surface area contributed by atoms with Crippen LogP contribution in [0.3, 0.4) is 0 Å². The van der Waals surface area contributed by atoms with Crippen LogP contribution in [-0.2, 0) is 13.0 Å². The molecule has 0 fully saturated rings. The van der Waals surface area contributed by atoms with E-state index in [1.165, 1.54) is 23.1 Å². The van der Waals surface area contributed by atoms with Crippen molar-refractivity contribution in [3.05, 3.63) is 59.2 Å². The molecule has 112 valence electrons. The first-order valence-electron chi connectivity index (χ1n) is 7.80. The maximum absolute atomic E-state index is 5.98. The fraction of sp³-hybridized carbons (Fsp3) is 0.368. The molecule has 2 nitrogen and oxygen atoms in total. The minimum Gasteiger partial charge on any atom is -0.457 e. The van der Waals surface area contributed by atoms with E-state index in [0.29, 0.717) is 0 Å². The quantitative estimate of drug-likeness (QED) is 0.784. The molecule has 0 spiro atoms. The van der Waals surface area contributed by atoms with Crippen LogP contribution in [-0.4, -0.2) is 6.54 Å². The van der Waals surface area contributed by atoms with Crippen LogP contribution in [0, 0.1) is 6.92 Å². The summed E-state index contributed by atoms with van der Waals surface area (Å²) in [4.78, 5) is 0. The van der Waals surface area contributed by atoms with Gasteiger partial charge in [0.05, 0.1) is 0 Å². The average molecular weight is 283 g/mol. The molecule has 0 bridgehead atoms. The van der Waals surface area contributed by atoms with Crippen LogP contribution in [0.4, 0.5) is 0 Å². The van der Waals surface area contributed by atoms with Gasteiger partial charge < -0.3 is 10.1 Å². The maximum Gasteiger partial charge on any atom is 0.130 e. The predicted octanol–water partition coefficient (Wildman–Crippen LogP) is 4.85. The highest BCUT2D eigenvalue weighted by molar-refractivity contribution is 5.40. The zero-order chi connectivity index (χ0) is 15.1. The van der Waals surface area contributed by atoms with E-state index in [0.717, 1.165) is 31.0 Å². The van der Waals surface area contributed by atoms with Crippen LogP contribution in [0.25, 0.3) is 0 Å². The molecule has 0 heterocycles. The third kappa shape index (κ3) is 4.61. The largest absolute Gasteiger partial charge is 0.457 e. The molecule has 0 saturated carbocycles. The summed E-state index contributed by atoms with van der Waals surface area (Å²) in [6.45, 7) is 8.30. The molecule has 0 atom stereocenters. The molecular formula is C19H25NO. The minimum absolute atomic E-state index is 0.900. The molecule has 2 aromatic carbocycles. The summed E-state index contributed by atoms with van der Waals surface area (Å²) in [6.07, 6.45) is 2.30. The van der Waals surface area contributed by atoms with E-state index in [4.69, 9.17) is 4.74 Å². The highest BCUT2D eigenvalue weighted by atomic mass is 16.5. The van der Waals surface area contributed by atoms with E-state index in [-0.39, 0.29) is 0 Å². The molecule has 0 radical (unpaired) electrons. The SMILES string of the molecule is CCCc1ccc(Oc2ccc(CNCC)cc2C)cc1. The Bertz CT molecular complexity index is 560. The van der Waals surface area contributed by atoms with Gasteiger partial charge in [0.2, 0.25) is 0 Å². The first-order chi connectivity index (χ1) is 10.2. The third-order valence-electron chi connectivity index (χ3n) is 3.51. The molecule has 0 saturated heterocycles. The summed E-state index contributed by atoms with van der Waals surface area (Å²) in [5, 5.41) is 3.34. The van der Waals surface area contributed by atoms with Crippen molar-refractivity contribution in [1.29, 1.82) is 0 Å². The second-order valence-electron chi connectivity index (χ2n) is 5.38. The molecule has 0 unspecified atom stereocenters. The Labute approximate surface area is 128 Å². The van der Waals surface area contributed by atoms with E-state index in [1.807, 2.05) is 0 Å². The molecule has 0 aliphatic carbocycles. The maximum atomic E-state index is 5.98. The minimum atomic E-state index is 0.900. The van der Waals surface area contributed by atoms with Gasteiger partial charge in [-0.25, -0.2) is 0 Å². The molecule has 0 aromatic heterocycles. The summed E-state index contributed by atoms with van der Waals surface area (Å²) in [6, 6.07) is 14.8. The molecule has 0 amide bonds. The Kier molecular flexibility index (Phi) is 5.82. The fourth-order valence-corrected chi connectivity index (χ4v) is 2.35. The number of ether oxygens (including phenoxy) is 1. The molecule has 0 aliphatic rings. The second kappa shape index (κ2) is 7.84. The normalized spacial score (nSPS) is 10.6. The Balaban J connectivity index is 2.05. The van der Waals surface area contributed by atoms with Gasteiger partial charge in [0.1, 0.15) is 11.5 Å². The van der Waals surface area contributed by atoms with Gasteiger partial charge in [0.15, 0.2) is 0 Å². The highest BCUT2D eigenvalue weighted by Gasteiger charge is 2.03. The second-order valence-corrected chi connectivity index (χ2v) is 5.38. The lowest BCUT2D eigenvalue weighted by atomic mass is 10.1. The van der Waals surface area contributed by atoms with Crippen LogP contribution < -0.4 is 10.1 Å². The summed E-state index contributed by atoms with van der Waals surface area (Å²) < 4.78 is 5.98. The number of hydrogen-bond acceptors (Lipinski definition) is 2. The van der Waals surface area contributed by atoms with Crippen molar-refractivity contribution in [2.24, 2.45) is 0 Å². The zero-order valence-corrected chi connectivity index (χ0v) is 13.3. The van der Waals surface area contributed by atoms with Gasteiger partial charge >= 0.3 is 0 Å². The molecule has 2 rings (SSSR count). The van der Waals surface area contributed by atoms with Crippen molar-refractivity contribution in [2.75, 3.05) is 6.54 Å². The lowest BCUT2D eigenvalue weighted by Gasteiger charge is -2.11. The number of benzene rings is 2. The van der Waals surface area contributed by atoms with E-state index in [2.05, 4.69) is 68.6 Å². The van der Waals surface area contributed by atoms with Crippen LogP contribution in [0.2, 0.25) is 0 Å². The van der Waals surface area contributed by atoms with Crippen molar-refractivity contribution in [3.8, 4) is 11.5 Å². The third-order valence-corrected chi connectivity index (χ3v) is 3.51. The van der Waals surface area contributed by atoms with Gasteiger partial charge in [-0.15, -0.1) is 0 Å². The lowest BCUT2D eigenvalue weighted by molar-refractivity contribution is 0.478. The van der Waals surface area contributed by atoms with Crippen molar-refractivity contribution in [2.45, 2.75) is 40.2 Å². The van der Waals surface area contributed by atoms with E-state index in [1.54, 1.807) is 0 Å². The Morgan fingerprint density at radius 2 is 1.67 bits per heavy atom. The smallest absolute Gasteiger partial charge is 0.130 e. The highest BCUT2D eigenvalue weighted by Crippen LogP contribution is 2.26.